The Hall–Kier alpha value is -2.34. The fourth-order valence-electron chi connectivity index (χ4n) is 2.35. The summed E-state index contributed by atoms with van der Waals surface area (Å²) in [7, 11) is 0. The van der Waals surface area contributed by atoms with Crippen LogP contribution in [0.15, 0.2) is 29.2 Å². The number of nitrogens with one attached hydrogen (secondary N) is 1. The van der Waals surface area contributed by atoms with Gasteiger partial charge in [-0.05, 0) is 32.9 Å². The highest BCUT2D eigenvalue weighted by Crippen LogP contribution is 2.21. The Bertz CT molecular complexity index is 763. The monoisotopic (exact) mass is 303 g/mol. The van der Waals surface area contributed by atoms with Crippen molar-refractivity contribution in [1.82, 2.24) is 9.88 Å². The minimum Gasteiger partial charge on any atom is -0.398 e. The second kappa shape index (κ2) is 6.19. The molecule has 0 fully saturated rings. The normalized spacial score (nSPS) is 12.6. The van der Waals surface area contributed by atoms with Crippen LogP contribution in [0, 0.1) is 0 Å². The van der Waals surface area contributed by atoms with E-state index in [1.165, 1.54) is 0 Å². The quantitative estimate of drug-likeness (QED) is 0.741. The van der Waals surface area contributed by atoms with Crippen molar-refractivity contribution < 1.29 is 9.90 Å². The van der Waals surface area contributed by atoms with Crippen molar-refractivity contribution in [3.05, 3.63) is 40.2 Å². The van der Waals surface area contributed by atoms with Gasteiger partial charge in [0.1, 0.15) is 5.56 Å². The Morgan fingerprint density at radius 3 is 2.64 bits per heavy atom. The van der Waals surface area contributed by atoms with Crippen LogP contribution < -0.4 is 16.5 Å². The number of carbonyl (C=O) groups excluding carboxylic acids is 1. The van der Waals surface area contributed by atoms with Gasteiger partial charge in [-0.2, -0.15) is 0 Å². The van der Waals surface area contributed by atoms with Gasteiger partial charge in [-0.1, -0.05) is 6.07 Å². The third kappa shape index (κ3) is 2.96. The second-order valence-corrected chi connectivity index (χ2v) is 5.67. The first-order chi connectivity index (χ1) is 10.3. The molecule has 6 heteroatoms. The molecule has 2 aromatic rings. The lowest BCUT2D eigenvalue weighted by atomic mass is 10.1. The van der Waals surface area contributed by atoms with Crippen molar-refractivity contribution in [3.63, 3.8) is 0 Å². The number of aliphatic hydroxyl groups excluding tert-OH is 1. The van der Waals surface area contributed by atoms with Crippen LogP contribution in [0.25, 0.3) is 10.9 Å². The number of nitrogen functional groups attached to an aromatic ring is 1. The number of amides is 1. The molecule has 0 saturated heterocycles. The van der Waals surface area contributed by atoms with Crippen LogP contribution in [-0.4, -0.2) is 28.2 Å². The zero-order chi connectivity index (χ0) is 16.4. The standard InChI is InChI=1S/C16H21N3O3/c1-9(2)19-8-11(16(22)18-7-10(3)20)15(21)14-12(17)5-4-6-13(14)19/h4-6,8-10,20H,7,17H2,1-3H3,(H,18,22). The summed E-state index contributed by atoms with van der Waals surface area (Å²) in [6.45, 7) is 5.57. The van der Waals surface area contributed by atoms with Crippen LogP contribution in [0.3, 0.4) is 0 Å². The predicted molar refractivity (Wildman–Crippen MR) is 87.0 cm³/mol. The third-order valence-electron chi connectivity index (χ3n) is 3.45. The van der Waals surface area contributed by atoms with Crippen molar-refractivity contribution >= 4 is 22.5 Å². The first-order valence-electron chi connectivity index (χ1n) is 7.22. The van der Waals surface area contributed by atoms with Gasteiger partial charge in [-0.3, -0.25) is 9.59 Å². The highest BCUT2D eigenvalue weighted by molar-refractivity contribution is 6.00. The molecule has 118 valence electrons. The summed E-state index contributed by atoms with van der Waals surface area (Å²) < 4.78 is 1.85. The maximum absolute atomic E-state index is 12.6. The Morgan fingerprint density at radius 1 is 1.36 bits per heavy atom. The number of carbonyl (C=O) groups is 1. The third-order valence-corrected chi connectivity index (χ3v) is 3.45. The van der Waals surface area contributed by atoms with E-state index >= 15 is 0 Å². The second-order valence-electron chi connectivity index (χ2n) is 5.67. The van der Waals surface area contributed by atoms with Gasteiger partial charge in [0.2, 0.25) is 5.43 Å². The number of rotatable bonds is 4. The van der Waals surface area contributed by atoms with E-state index in [1.807, 2.05) is 24.5 Å². The minimum atomic E-state index is -0.679. The van der Waals surface area contributed by atoms with Gasteiger partial charge < -0.3 is 20.7 Å². The molecule has 0 radical (unpaired) electrons. The topological polar surface area (TPSA) is 97.3 Å². The van der Waals surface area contributed by atoms with Gasteiger partial charge in [-0.25, -0.2) is 0 Å². The van der Waals surface area contributed by atoms with Gasteiger partial charge in [0.25, 0.3) is 5.91 Å². The van der Waals surface area contributed by atoms with Crippen molar-refractivity contribution in [3.8, 4) is 0 Å². The number of benzene rings is 1. The molecule has 0 spiro atoms. The fourth-order valence-corrected chi connectivity index (χ4v) is 2.35. The van der Waals surface area contributed by atoms with Crippen LogP contribution >= 0.6 is 0 Å². The van der Waals surface area contributed by atoms with Gasteiger partial charge in [0.15, 0.2) is 0 Å². The van der Waals surface area contributed by atoms with Crippen LogP contribution in [-0.2, 0) is 0 Å². The van der Waals surface area contributed by atoms with E-state index in [4.69, 9.17) is 5.73 Å². The summed E-state index contributed by atoms with van der Waals surface area (Å²) in [4.78, 5) is 24.8. The highest BCUT2D eigenvalue weighted by Gasteiger charge is 2.18. The van der Waals surface area contributed by atoms with Crippen molar-refractivity contribution in [2.75, 3.05) is 12.3 Å². The first-order valence-corrected chi connectivity index (χ1v) is 7.22. The Kier molecular flexibility index (Phi) is 4.51. The minimum absolute atomic E-state index is 0.0275. The molecule has 1 aromatic heterocycles. The zero-order valence-corrected chi connectivity index (χ0v) is 13.0. The van der Waals surface area contributed by atoms with E-state index in [0.29, 0.717) is 16.6 Å². The molecule has 0 aliphatic heterocycles. The number of nitrogens with zero attached hydrogens (tertiary/aromatic N) is 1. The molecule has 1 heterocycles. The van der Waals surface area contributed by atoms with E-state index in [0.717, 1.165) is 0 Å². The molecule has 0 bridgehead atoms. The number of nitrogens with two attached hydrogens (primary N) is 1. The number of aromatic nitrogens is 1. The van der Waals surface area contributed by atoms with Crippen LogP contribution in [0.2, 0.25) is 0 Å². The molecule has 0 aliphatic carbocycles. The Morgan fingerprint density at radius 2 is 2.05 bits per heavy atom. The summed E-state index contributed by atoms with van der Waals surface area (Å²) in [5.74, 6) is -0.509. The number of anilines is 1. The SMILES string of the molecule is CC(O)CNC(=O)c1cn(C(C)C)c2cccc(N)c2c1=O. The maximum Gasteiger partial charge on any atom is 0.256 e. The molecular formula is C16H21N3O3. The molecule has 1 unspecified atom stereocenters. The number of fused-ring (bicyclic) bond motifs is 1. The molecule has 1 atom stereocenters. The fraction of sp³-hybridized carbons (Fsp3) is 0.375. The lowest BCUT2D eigenvalue weighted by Gasteiger charge is -2.17. The molecule has 2 rings (SSSR count). The van der Waals surface area contributed by atoms with Crippen molar-refractivity contribution in [2.24, 2.45) is 0 Å². The lowest BCUT2D eigenvalue weighted by Crippen LogP contribution is -2.34. The summed E-state index contributed by atoms with van der Waals surface area (Å²) >= 11 is 0. The number of hydrogen-bond acceptors (Lipinski definition) is 4. The number of hydrogen-bond donors (Lipinski definition) is 3. The molecule has 22 heavy (non-hydrogen) atoms. The average Bonchev–Trinajstić information content (AvgIpc) is 2.44. The van der Waals surface area contributed by atoms with Gasteiger partial charge in [0, 0.05) is 24.5 Å². The Labute approximate surface area is 128 Å². The van der Waals surface area contributed by atoms with Crippen LogP contribution in [0.5, 0.6) is 0 Å². The lowest BCUT2D eigenvalue weighted by molar-refractivity contribution is 0.0922. The van der Waals surface area contributed by atoms with Crippen molar-refractivity contribution in [1.29, 1.82) is 0 Å². The number of aliphatic hydroxyl groups is 1. The number of pyridine rings is 1. The van der Waals surface area contributed by atoms with E-state index in [9.17, 15) is 14.7 Å². The summed E-state index contributed by atoms with van der Waals surface area (Å²) in [6.07, 6.45) is 0.869. The van der Waals surface area contributed by atoms with E-state index in [-0.39, 0.29) is 18.2 Å². The summed E-state index contributed by atoms with van der Waals surface area (Å²) in [5, 5.41) is 12.2. The first kappa shape index (κ1) is 16.0. The van der Waals surface area contributed by atoms with E-state index in [2.05, 4.69) is 5.32 Å². The van der Waals surface area contributed by atoms with Crippen molar-refractivity contribution in [2.45, 2.75) is 32.9 Å². The maximum atomic E-state index is 12.6. The van der Waals surface area contributed by atoms with E-state index in [1.54, 1.807) is 25.3 Å². The van der Waals surface area contributed by atoms with Gasteiger partial charge in [0.05, 0.1) is 17.0 Å². The summed E-state index contributed by atoms with van der Waals surface area (Å²) in [6, 6.07) is 5.30. The molecule has 4 N–H and O–H groups in total. The largest absolute Gasteiger partial charge is 0.398 e. The molecule has 0 saturated carbocycles. The molecule has 0 aliphatic rings. The molecule has 1 aromatic carbocycles. The van der Waals surface area contributed by atoms with Crippen LogP contribution in [0.4, 0.5) is 5.69 Å². The molecular weight excluding hydrogens is 282 g/mol. The average molecular weight is 303 g/mol. The highest BCUT2D eigenvalue weighted by atomic mass is 16.3. The van der Waals surface area contributed by atoms with E-state index < -0.39 is 17.4 Å². The molecule has 1 amide bonds. The Balaban J connectivity index is 2.66. The predicted octanol–water partition coefficient (Wildman–Crippen LogP) is 1.28. The summed E-state index contributed by atoms with van der Waals surface area (Å²) in [5.41, 5.74) is 6.61. The zero-order valence-electron chi connectivity index (χ0n) is 13.0. The molecule has 6 nitrogen and oxygen atoms in total. The van der Waals surface area contributed by atoms with Gasteiger partial charge in [-0.15, -0.1) is 0 Å². The van der Waals surface area contributed by atoms with Crippen LogP contribution in [0.1, 0.15) is 37.2 Å². The smallest absolute Gasteiger partial charge is 0.256 e. The van der Waals surface area contributed by atoms with Gasteiger partial charge >= 0.3 is 0 Å².